The number of hydrogen-bond donors (Lipinski definition) is 2. The molecule has 1 aliphatic heterocycles. The van der Waals surface area contributed by atoms with Gasteiger partial charge in [-0.25, -0.2) is 9.18 Å². The van der Waals surface area contributed by atoms with Crippen molar-refractivity contribution in [1.82, 2.24) is 10.2 Å². The highest BCUT2D eigenvalue weighted by molar-refractivity contribution is 6.30. The third kappa shape index (κ3) is 3.53. The molecule has 6 nitrogen and oxygen atoms in total. The van der Waals surface area contributed by atoms with Gasteiger partial charge in [-0.2, -0.15) is 0 Å². The van der Waals surface area contributed by atoms with Gasteiger partial charge in [-0.05, 0) is 49.8 Å². The first kappa shape index (κ1) is 18.6. The van der Waals surface area contributed by atoms with Crippen LogP contribution in [0.1, 0.15) is 39.0 Å². The number of nitrogens with zero attached hydrogens (tertiary/aromatic N) is 1. The second kappa shape index (κ2) is 7.23. The zero-order chi connectivity index (χ0) is 18.9. The fourth-order valence-corrected chi connectivity index (χ4v) is 3.84. The second-order valence-electron chi connectivity index (χ2n) is 6.93. The molecule has 1 saturated heterocycles. The number of anilines is 1. The third-order valence-corrected chi connectivity index (χ3v) is 5.52. The van der Waals surface area contributed by atoms with E-state index in [0.717, 1.165) is 30.2 Å². The van der Waals surface area contributed by atoms with Crippen molar-refractivity contribution in [3.63, 3.8) is 0 Å². The van der Waals surface area contributed by atoms with Crippen molar-refractivity contribution < 1.29 is 18.8 Å². The fourth-order valence-electron chi connectivity index (χ4n) is 3.66. The third-order valence-electron chi connectivity index (χ3n) is 5.29. The molecule has 2 aliphatic rings. The fraction of sp³-hybridized carbons (Fsp3) is 0.500. The summed E-state index contributed by atoms with van der Waals surface area (Å²) in [6, 6.07) is 3.19. The molecule has 2 N–H and O–H groups in total. The largest absolute Gasteiger partial charge is 0.325 e. The molecule has 0 bridgehead atoms. The number of rotatable bonds is 4. The van der Waals surface area contributed by atoms with Crippen LogP contribution in [0.5, 0.6) is 0 Å². The van der Waals surface area contributed by atoms with Gasteiger partial charge in [0.1, 0.15) is 17.9 Å². The van der Waals surface area contributed by atoms with Crippen molar-refractivity contribution in [2.45, 2.75) is 44.6 Å². The number of urea groups is 1. The second-order valence-corrected chi connectivity index (χ2v) is 7.36. The van der Waals surface area contributed by atoms with Crippen molar-refractivity contribution in [2.75, 3.05) is 11.9 Å². The predicted octanol–water partition coefficient (Wildman–Crippen LogP) is 3.31. The molecule has 3 rings (SSSR count). The first-order valence-corrected chi connectivity index (χ1v) is 9.11. The molecule has 0 radical (unpaired) electrons. The van der Waals surface area contributed by atoms with E-state index in [9.17, 15) is 18.8 Å². The number of hydrogen-bond acceptors (Lipinski definition) is 3. The van der Waals surface area contributed by atoms with Crippen LogP contribution in [0, 0.1) is 11.7 Å². The predicted molar refractivity (Wildman–Crippen MR) is 95.3 cm³/mol. The summed E-state index contributed by atoms with van der Waals surface area (Å²) in [6.45, 7) is 1.65. The Hall–Kier alpha value is -2.15. The van der Waals surface area contributed by atoms with Crippen LogP contribution in [0.3, 0.4) is 0 Å². The zero-order valence-corrected chi connectivity index (χ0v) is 15.2. The van der Waals surface area contributed by atoms with Gasteiger partial charge in [-0.15, -0.1) is 0 Å². The van der Waals surface area contributed by atoms with E-state index in [0.29, 0.717) is 18.8 Å². The van der Waals surface area contributed by atoms with Crippen LogP contribution < -0.4 is 10.6 Å². The summed E-state index contributed by atoms with van der Waals surface area (Å²) in [5.74, 6) is -1.12. The van der Waals surface area contributed by atoms with Crippen molar-refractivity contribution in [1.29, 1.82) is 0 Å². The molecular formula is C18H21ClFN3O3. The Balaban J connectivity index is 1.66. The molecule has 0 atom stereocenters. The summed E-state index contributed by atoms with van der Waals surface area (Å²) in [4.78, 5) is 38.1. The maximum atomic E-state index is 13.7. The van der Waals surface area contributed by atoms with Crippen LogP contribution in [0.15, 0.2) is 18.2 Å². The number of amides is 4. The van der Waals surface area contributed by atoms with Crippen molar-refractivity contribution in [3.8, 4) is 0 Å². The highest BCUT2D eigenvalue weighted by Gasteiger charge is 2.52. The van der Waals surface area contributed by atoms with E-state index in [2.05, 4.69) is 17.6 Å². The highest BCUT2D eigenvalue weighted by atomic mass is 35.5. The van der Waals surface area contributed by atoms with Gasteiger partial charge >= 0.3 is 6.03 Å². The molecule has 2 fully saturated rings. The van der Waals surface area contributed by atoms with Crippen LogP contribution in [0.25, 0.3) is 0 Å². The van der Waals surface area contributed by atoms with Crippen LogP contribution in [-0.2, 0) is 9.59 Å². The average Bonchev–Trinajstić information content (AvgIpc) is 2.83. The van der Waals surface area contributed by atoms with E-state index in [1.165, 1.54) is 12.1 Å². The lowest BCUT2D eigenvalue weighted by atomic mass is 9.75. The molecule has 4 amide bonds. The average molecular weight is 382 g/mol. The molecule has 1 aromatic rings. The number of halogens is 2. The number of benzene rings is 1. The van der Waals surface area contributed by atoms with E-state index in [1.807, 2.05) is 0 Å². The van der Waals surface area contributed by atoms with Gasteiger partial charge in [0.15, 0.2) is 0 Å². The molecule has 0 unspecified atom stereocenters. The van der Waals surface area contributed by atoms with E-state index in [4.69, 9.17) is 11.6 Å². The minimum absolute atomic E-state index is 0.0901. The molecule has 1 aliphatic carbocycles. The van der Waals surface area contributed by atoms with Gasteiger partial charge in [0.2, 0.25) is 5.91 Å². The van der Waals surface area contributed by atoms with Crippen LogP contribution >= 0.6 is 11.6 Å². The van der Waals surface area contributed by atoms with Crippen molar-refractivity contribution in [2.24, 2.45) is 5.92 Å². The van der Waals surface area contributed by atoms with Crippen molar-refractivity contribution >= 4 is 35.1 Å². The lowest BCUT2D eigenvalue weighted by Gasteiger charge is -2.34. The molecule has 0 aromatic heterocycles. The standard InChI is InChI=1S/C18H21ClFN3O3/c1-2-11-5-7-18(8-6-11)16(25)23(17(26)22-18)10-15(24)21-14-9-12(19)3-4-13(14)20/h3-4,9,11H,2,5-8,10H2,1H3,(H,21,24)(H,22,26). The number of carbonyl (C=O) groups excluding carboxylic acids is 3. The van der Waals surface area contributed by atoms with Gasteiger partial charge in [-0.1, -0.05) is 24.9 Å². The molecule has 8 heteroatoms. The van der Waals surface area contributed by atoms with Gasteiger partial charge in [0.25, 0.3) is 5.91 Å². The quantitative estimate of drug-likeness (QED) is 0.785. The van der Waals surface area contributed by atoms with Crippen LogP contribution in [-0.4, -0.2) is 34.8 Å². The first-order chi connectivity index (χ1) is 12.3. The number of imide groups is 1. The van der Waals surface area contributed by atoms with E-state index < -0.39 is 29.8 Å². The van der Waals surface area contributed by atoms with E-state index >= 15 is 0 Å². The Bertz CT molecular complexity index is 747. The summed E-state index contributed by atoms with van der Waals surface area (Å²) in [5, 5.41) is 5.39. The summed E-state index contributed by atoms with van der Waals surface area (Å²) >= 11 is 5.79. The van der Waals surface area contributed by atoms with Crippen molar-refractivity contribution in [3.05, 3.63) is 29.0 Å². The lowest BCUT2D eigenvalue weighted by Crippen LogP contribution is -2.49. The summed E-state index contributed by atoms with van der Waals surface area (Å²) in [5.41, 5.74) is -0.989. The smallest absolute Gasteiger partial charge is 0.323 e. The Labute approximate surface area is 156 Å². The van der Waals surface area contributed by atoms with Crippen LogP contribution in [0.2, 0.25) is 5.02 Å². The molecule has 26 heavy (non-hydrogen) atoms. The molecular weight excluding hydrogens is 361 g/mol. The minimum atomic E-state index is -0.898. The Morgan fingerprint density at radius 1 is 1.38 bits per heavy atom. The molecule has 1 heterocycles. The SMILES string of the molecule is CCC1CCC2(CC1)NC(=O)N(CC(=O)Nc1cc(Cl)ccc1F)C2=O. The Morgan fingerprint density at radius 3 is 2.73 bits per heavy atom. The van der Waals surface area contributed by atoms with Gasteiger partial charge in [-0.3, -0.25) is 14.5 Å². The highest BCUT2D eigenvalue weighted by Crippen LogP contribution is 2.37. The molecule has 140 valence electrons. The first-order valence-electron chi connectivity index (χ1n) is 8.73. The molecule has 1 saturated carbocycles. The van der Waals surface area contributed by atoms with E-state index in [1.54, 1.807) is 0 Å². The molecule has 1 spiro atoms. The maximum Gasteiger partial charge on any atom is 0.325 e. The van der Waals surface area contributed by atoms with Gasteiger partial charge in [0.05, 0.1) is 5.69 Å². The van der Waals surface area contributed by atoms with Gasteiger partial charge < -0.3 is 10.6 Å². The van der Waals surface area contributed by atoms with E-state index in [-0.39, 0.29) is 16.6 Å². The normalized spacial score (nSPS) is 25.5. The minimum Gasteiger partial charge on any atom is -0.323 e. The number of nitrogens with one attached hydrogen (secondary N) is 2. The zero-order valence-electron chi connectivity index (χ0n) is 14.5. The Morgan fingerprint density at radius 2 is 2.08 bits per heavy atom. The maximum absolute atomic E-state index is 13.7. The summed E-state index contributed by atoms with van der Waals surface area (Å²) in [6.07, 6.45) is 3.95. The Kier molecular flexibility index (Phi) is 5.18. The molecule has 1 aromatic carbocycles. The van der Waals surface area contributed by atoms with Crippen LogP contribution in [0.4, 0.5) is 14.9 Å². The number of carbonyl (C=O) groups is 3. The summed E-state index contributed by atoms with van der Waals surface area (Å²) < 4.78 is 13.7. The lowest BCUT2D eigenvalue weighted by molar-refractivity contribution is -0.135. The topological polar surface area (TPSA) is 78.5 Å². The van der Waals surface area contributed by atoms with Gasteiger partial charge in [0, 0.05) is 5.02 Å². The monoisotopic (exact) mass is 381 g/mol. The summed E-state index contributed by atoms with van der Waals surface area (Å²) in [7, 11) is 0.